The molecule has 6 heteroatoms. The van der Waals surface area contributed by atoms with Gasteiger partial charge in [0.15, 0.2) is 0 Å². The Balaban J connectivity index is 1.55. The summed E-state index contributed by atoms with van der Waals surface area (Å²) in [6, 6.07) is 8.00. The molecule has 2 aromatic rings. The smallest absolute Gasteiger partial charge is 0.317 e. The van der Waals surface area contributed by atoms with Crippen LogP contribution < -0.4 is 10.1 Å². The lowest BCUT2D eigenvalue weighted by Crippen LogP contribution is -2.45. The molecule has 1 saturated heterocycles. The number of nitrogens with one attached hydrogen (secondary N) is 2. The topological polar surface area (TPSA) is 70.2 Å². The van der Waals surface area contributed by atoms with Crippen molar-refractivity contribution in [3.8, 4) is 5.75 Å². The maximum absolute atomic E-state index is 12.5. The van der Waals surface area contributed by atoms with Crippen molar-refractivity contribution in [3.05, 3.63) is 47.5 Å². The first kappa shape index (κ1) is 17.3. The van der Waals surface area contributed by atoms with Crippen molar-refractivity contribution in [2.45, 2.75) is 38.6 Å². The van der Waals surface area contributed by atoms with Crippen molar-refractivity contribution in [2.24, 2.45) is 0 Å². The van der Waals surface area contributed by atoms with Crippen molar-refractivity contribution < 1.29 is 9.53 Å². The van der Waals surface area contributed by atoms with Crippen molar-refractivity contribution in [3.63, 3.8) is 0 Å². The zero-order valence-corrected chi connectivity index (χ0v) is 15.1. The third-order valence-electron chi connectivity index (χ3n) is 4.83. The summed E-state index contributed by atoms with van der Waals surface area (Å²) in [7, 11) is 1.71. The molecule has 1 aromatic carbocycles. The highest BCUT2D eigenvalue weighted by Gasteiger charge is 2.26. The van der Waals surface area contributed by atoms with Gasteiger partial charge in [-0.1, -0.05) is 18.2 Å². The van der Waals surface area contributed by atoms with Crippen LogP contribution in [0.1, 0.15) is 48.8 Å². The van der Waals surface area contributed by atoms with Crippen molar-refractivity contribution in [1.82, 2.24) is 20.2 Å². The van der Waals surface area contributed by atoms with Crippen LogP contribution in [0.2, 0.25) is 0 Å². The van der Waals surface area contributed by atoms with Crippen LogP contribution >= 0.6 is 0 Å². The number of carbonyl (C=O) groups is 1. The van der Waals surface area contributed by atoms with E-state index in [1.54, 1.807) is 13.3 Å². The fraction of sp³-hybridized carbons (Fsp3) is 0.474. The zero-order chi connectivity index (χ0) is 17.8. The highest BCUT2D eigenvalue weighted by Crippen LogP contribution is 2.34. The molecule has 134 valence electrons. The lowest BCUT2D eigenvalue weighted by Gasteiger charge is -2.33. The Labute approximate surface area is 148 Å². The second-order valence-electron chi connectivity index (χ2n) is 6.63. The van der Waals surface area contributed by atoms with E-state index in [9.17, 15) is 4.79 Å². The standard InChI is InChI=1S/C19H26N4O2/c1-13-12-20-18(21-13)14(2)22-19(24)23-10-8-15(9-11-23)16-6-4-5-7-17(16)25-3/h4-7,12,14-15H,8-11H2,1-3H3,(H,20,21)(H,22,24)/t14-/m1/s1. The van der Waals surface area contributed by atoms with Gasteiger partial charge in [-0.25, -0.2) is 9.78 Å². The summed E-state index contributed by atoms with van der Waals surface area (Å²) in [5.74, 6) is 2.16. The van der Waals surface area contributed by atoms with Crippen LogP contribution in [0, 0.1) is 6.92 Å². The van der Waals surface area contributed by atoms with E-state index in [1.165, 1.54) is 5.56 Å². The summed E-state index contributed by atoms with van der Waals surface area (Å²) >= 11 is 0. The summed E-state index contributed by atoms with van der Waals surface area (Å²) in [4.78, 5) is 21.8. The summed E-state index contributed by atoms with van der Waals surface area (Å²) in [5, 5.41) is 3.02. The lowest BCUT2D eigenvalue weighted by atomic mass is 9.89. The molecule has 2 heterocycles. The minimum atomic E-state index is -0.131. The third kappa shape index (κ3) is 3.95. The first-order chi connectivity index (χ1) is 12.1. The second kappa shape index (κ2) is 7.59. The molecule has 0 radical (unpaired) electrons. The van der Waals surface area contributed by atoms with E-state index < -0.39 is 0 Å². The largest absolute Gasteiger partial charge is 0.496 e. The molecule has 0 unspecified atom stereocenters. The molecule has 1 aromatic heterocycles. The van der Waals surface area contributed by atoms with Gasteiger partial charge in [0.1, 0.15) is 11.6 Å². The molecule has 25 heavy (non-hydrogen) atoms. The van der Waals surface area contributed by atoms with E-state index in [0.29, 0.717) is 5.92 Å². The number of para-hydroxylation sites is 1. The highest BCUT2D eigenvalue weighted by molar-refractivity contribution is 5.74. The van der Waals surface area contributed by atoms with Gasteiger partial charge in [-0.15, -0.1) is 0 Å². The van der Waals surface area contributed by atoms with Crippen LogP contribution in [0.15, 0.2) is 30.5 Å². The molecule has 1 aliphatic rings. The van der Waals surface area contributed by atoms with E-state index >= 15 is 0 Å². The number of aryl methyl sites for hydroxylation is 1. The average molecular weight is 342 g/mol. The molecule has 2 N–H and O–H groups in total. The first-order valence-corrected chi connectivity index (χ1v) is 8.78. The lowest BCUT2D eigenvalue weighted by molar-refractivity contribution is 0.177. The number of aromatic amines is 1. The molecule has 1 aliphatic heterocycles. The molecule has 3 rings (SSSR count). The number of urea groups is 1. The maximum Gasteiger partial charge on any atom is 0.317 e. The minimum absolute atomic E-state index is 0.0278. The number of H-pyrrole nitrogens is 1. The molecule has 0 spiro atoms. The van der Waals surface area contributed by atoms with E-state index in [4.69, 9.17) is 4.74 Å². The van der Waals surface area contributed by atoms with Gasteiger partial charge < -0.3 is 19.9 Å². The van der Waals surface area contributed by atoms with E-state index in [1.807, 2.05) is 36.9 Å². The summed E-state index contributed by atoms with van der Waals surface area (Å²) in [5.41, 5.74) is 2.23. The number of piperidine rings is 1. The van der Waals surface area contributed by atoms with E-state index in [-0.39, 0.29) is 12.1 Å². The number of likely N-dealkylation sites (tertiary alicyclic amines) is 1. The number of carbonyl (C=O) groups excluding carboxylic acids is 1. The Kier molecular flexibility index (Phi) is 5.26. The number of nitrogens with zero attached hydrogens (tertiary/aromatic N) is 2. The van der Waals surface area contributed by atoms with Gasteiger partial charge in [0.2, 0.25) is 0 Å². The summed E-state index contributed by atoms with van der Waals surface area (Å²) in [6.45, 7) is 5.39. The third-order valence-corrected chi connectivity index (χ3v) is 4.83. The Bertz CT molecular complexity index is 720. The Morgan fingerprint density at radius 1 is 1.36 bits per heavy atom. The van der Waals surface area contributed by atoms with Crippen LogP contribution in [0.5, 0.6) is 5.75 Å². The molecule has 1 fully saturated rings. The molecule has 0 saturated carbocycles. The predicted octanol–water partition coefficient (Wildman–Crippen LogP) is 3.38. The van der Waals surface area contributed by atoms with Gasteiger partial charge in [0.05, 0.1) is 13.2 Å². The average Bonchev–Trinajstić information content (AvgIpc) is 3.08. The molecule has 0 bridgehead atoms. The zero-order valence-electron chi connectivity index (χ0n) is 15.1. The normalized spacial score (nSPS) is 16.5. The molecular weight excluding hydrogens is 316 g/mol. The first-order valence-electron chi connectivity index (χ1n) is 8.78. The quantitative estimate of drug-likeness (QED) is 0.895. The Hall–Kier alpha value is -2.50. The van der Waals surface area contributed by atoms with Gasteiger partial charge in [0, 0.05) is 25.0 Å². The predicted molar refractivity (Wildman–Crippen MR) is 96.8 cm³/mol. The molecule has 0 aliphatic carbocycles. The van der Waals surface area contributed by atoms with Crippen molar-refractivity contribution >= 4 is 6.03 Å². The number of ether oxygens (including phenoxy) is 1. The van der Waals surface area contributed by atoms with Crippen LogP contribution in [0.3, 0.4) is 0 Å². The van der Waals surface area contributed by atoms with E-state index in [2.05, 4.69) is 21.4 Å². The molecular formula is C19H26N4O2. The van der Waals surface area contributed by atoms with Gasteiger partial charge in [-0.3, -0.25) is 0 Å². The van der Waals surface area contributed by atoms with Crippen LogP contribution in [0.4, 0.5) is 4.79 Å². The number of methoxy groups -OCH3 is 1. The Morgan fingerprint density at radius 2 is 2.08 bits per heavy atom. The van der Waals surface area contributed by atoms with Crippen LogP contribution in [-0.4, -0.2) is 41.1 Å². The number of benzene rings is 1. The number of imidazole rings is 1. The fourth-order valence-electron chi connectivity index (χ4n) is 3.40. The van der Waals surface area contributed by atoms with Gasteiger partial charge in [-0.05, 0) is 44.2 Å². The monoisotopic (exact) mass is 342 g/mol. The van der Waals surface area contributed by atoms with E-state index in [0.717, 1.165) is 43.2 Å². The maximum atomic E-state index is 12.5. The molecule has 2 amide bonds. The number of hydrogen-bond acceptors (Lipinski definition) is 3. The molecule has 1 atom stereocenters. The number of rotatable bonds is 4. The number of aromatic nitrogens is 2. The SMILES string of the molecule is COc1ccccc1C1CCN(C(=O)N[C@H](C)c2ncc(C)[nH]2)CC1. The Morgan fingerprint density at radius 3 is 2.72 bits per heavy atom. The molecule has 6 nitrogen and oxygen atoms in total. The second-order valence-corrected chi connectivity index (χ2v) is 6.63. The number of hydrogen-bond donors (Lipinski definition) is 2. The summed E-state index contributed by atoms with van der Waals surface area (Å²) < 4.78 is 5.47. The highest BCUT2D eigenvalue weighted by atomic mass is 16.5. The van der Waals surface area contributed by atoms with Crippen molar-refractivity contribution in [2.75, 3.05) is 20.2 Å². The number of amides is 2. The van der Waals surface area contributed by atoms with Gasteiger partial charge in [-0.2, -0.15) is 0 Å². The minimum Gasteiger partial charge on any atom is -0.496 e. The van der Waals surface area contributed by atoms with Gasteiger partial charge in [0.25, 0.3) is 0 Å². The summed E-state index contributed by atoms with van der Waals surface area (Å²) in [6.07, 6.45) is 3.67. The van der Waals surface area contributed by atoms with Crippen LogP contribution in [0.25, 0.3) is 0 Å². The fourth-order valence-corrected chi connectivity index (χ4v) is 3.40. The van der Waals surface area contributed by atoms with Crippen molar-refractivity contribution in [1.29, 1.82) is 0 Å². The van der Waals surface area contributed by atoms with Gasteiger partial charge >= 0.3 is 6.03 Å². The van der Waals surface area contributed by atoms with Crippen LogP contribution in [-0.2, 0) is 0 Å².